The number of rotatable bonds is 14. The largest absolute Gasteiger partial charge is 0.393 e. The predicted octanol–water partition coefficient (Wildman–Crippen LogP) is 4.05. The molecule has 0 radical (unpaired) electrons. The molecule has 0 saturated carbocycles. The number of aromatic nitrogens is 1. The number of sulfonamides is 1. The van der Waals surface area contributed by atoms with Crippen molar-refractivity contribution in [1.29, 1.82) is 0 Å². The summed E-state index contributed by atoms with van der Waals surface area (Å²) in [6.45, 7) is 2.79. The number of pyridine rings is 1. The first kappa shape index (κ1) is 34.0. The first-order valence-electron chi connectivity index (χ1n) is 16.4. The van der Waals surface area contributed by atoms with Gasteiger partial charge >= 0.3 is 0 Å². The van der Waals surface area contributed by atoms with Crippen LogP contribution in [0.3, 0.4) is 0 Å². The number of aliphatic hydroxyl groups is 1. The van der Waals surface area contributed by atoms with Gasteiger partial charge in [-0.3, -0.25) is 14.2 Å². The zero-order valence-corrected chi connectivity index (χ0v) is 27.1. The third kappa shape index (κ3) is 9.57. The average molecular weight is 652 g/mol. The molecule has 11 heteroatoms. The molecule has 1 amide bonds. The van der Waals surface area contributed by atoms with Crippen molar-refractivity contribution in [2.45, 2.75) is 68.0 Å². The molecule has 9 nitrogen and oxygen atoms in total. The number of likely N-dealkylation sites (tertiary alicyclic amines) is 2. The van der Waals surface area contributed by atoms with E-state index in [0.29, 0.717) is 63.8 Å². The minimum absolute atomic E-state index is 0.0188. The molecule has 2 atom stereocenters. The second kappa shape index (κ2) is 16.4. The van der Waals surface area contributed by atoms with Crippen molar-refractivity contribution < 1.29 is 22.7 Å². The topological polar surface area (TPSA) is 115 Å². The lowest BCUT2D eigenvalue weighted by Gasteiger charge is -2.34. The van der Waals surface area contributed by atoms with Crippen LogP contribution in [-0.2, 0) is 27.7 Å². The second-order valence-corrected chi connectivity index (χ2v) is 14.2. The second-order valence-electron chi connectivity index (χ2n) is 12.5. The van der Waals surface area contributed by atoms with E-state index in [0.717, 1.165) is 24.2 Å². The number of hydrogen-bond donors (Lipinski definition) is 3. The van der Waals surface area contributed by atoms with Gasteiger partial charge in [0, 0.05) is 51.2 Å². The SMILES string of the molecule is O=C([C@H](Cc1ccccc1)NS(=O)(=O)c1cnccc1N[C@@H](Cc1ccccc1)CN1CCC(O)CC1)N1CCC(CCF)CC1. The number of piperidine rings is 2. The van der Waals surface area contributed by atoms with E-state index >= 15 is 0 Å². The van der Waals surface area contributed by atoms with Gasteiger partial charge in [0.15, 0.2) is 0 Å². The van der Waals surface area contributed by atoms with Crippen LogP contribution in [-0.4, -0.2) is 91.8 Å². The molecule has 3 heterocycles. The number of benzene rings is 2. The molecule has 3 N–H and O–H groups in total. The number of halogens is 1. The fourth-order valence-corrected chi connectivity index (χ4v) is 7.81. The molecule has 2 aromatic carbocycles. The van der Waals surface area contributed by atoms with Crippen molar-refractivity contribution in [3.05, 3.63) is 90.3 Å². The molecule has 0 spiro atoms. The van der Waals surface area contributed by atoms with Crippen molar-refractivity contribution in [1.82, 2.24) is 19.5 Å². The summed E-state index contributed by atoms with van der Waals surface area (Å²) in [5.74, 6) is -0.0417. The summed E-state index contributed by atoms with van der Waals surface area (Å²) in [7, 11) is -4.19. The van der Waals surface area contributed by atoms with Gasteiger partial charge in [0.1, 0.15) is 10.9 Å². The maximum atomic E-state index is 14.1. The van der Waals surface area contributed by atoms with Crippen LogP contribution in [0.1, 0.15) is 43.2 Å². The molecule has 2 saturated heterocycles. The number of carbonyl (C=O) groups excluding carboxylic acids is 1. The summed E-state index contributed by atoms with van der Waals surface area (Å²) in [5, 5.41) is 13.5. The van der Waals surface area contributed by atoms with Crippen LogP contribution in [0.4, 0.5) is 10.1 Å². The van der Waals surface area contributed by atoms with Gasteiger partial charge in [-0.25, -0.2) is 8.42 Å². The number of aliphatic hydroxyl groups excluding tert-OH is 1. The normalized spacial score (nSPS) is 18.3. The summed E-state index contributed by atoms with van der Waals surface area (Å²) in [5.41, 5.74) is 2.38. The Balaban J connectivity index is 1.37. The lowest BCUT2D eigenvalue weighted by Crippen LogP contribution is -2.51. The fourth-order valence-electron chi connectivity index (χ4n) is 6.50. The van der Waals surface area contributed by atoms with Crippen molar-refractivity contribution in [3.8, 4) is 0 Å². The van der Waals surface area contributed by atoms with Gasteiger partial charge in [-0.15, -0.1) is 0 Å². The molecule has 1 aromatic heterocycles. The number of hydrogen-bond acceptors (Lipinski definition) is 7. The van der Waals surface area contributed by atoms with E-state index in [4.69, 9.17) is 0 Å². The average Bonchev–Trinajstić information content (AvgIpc) is 3.07. The van der Waals surface area contributed by atoms with Crippen molar-refractivity contribution in [3.63, 3.8) is 0 Å². The van der Waals surface area contributed by atoms with E-state index < -0.39 is 16.1 Å². The Bertz CT molecular complexity index is 1480. The highest BCUT2D eigenvalue weighted by molar-refractivity contribution is 7.89. The minimum Gasteiger partial charge on any atom is -0.393 e. The number of nitrogens with zero attached hydrogens (tertiary/aromatic N) is 3. The number of carbonyl (C=O) groups is 1. The quantitative estimate of drug-likeness (QED) is 0.241. The highest BCUT2D eigenvalue weighted by Crippen LogP contribution is 2.25. The Labute approximate surface area is 272 Å². The maximum absolute atomic E-state index is 14.1. The summed E-state index contributed by atoms with van der Waals surface area (Å²) in [6, 6.07) is 20.0. The Morgan fingerprint density at radius 3 is 2.17 bits per heavy atom. The first-order chi connectivity index (χ1) is 22.3. The summed E-state index contributed by atoms with van der Waals surface area (Å²) < 4.78 is 43.9. The van der Waals surface area contributed by atoms with E-state index in [1.807, 2.05) is 48.5 Å². The van der Waals surface area contributed by atoms with Gasteiger partial charge in [-0.05, 0) is 68.1 Å². The van der Waals surface area contributed by atoms with Gasteiger partial charge in [0.05, 0.1) is 18.5 Å². The van der Waals surface area contributed by atoms with Crippen LogP contribution in [0, 0.1) is 5.92 Å². The van der Waals surface area contributed by atoms with Crippen LogP contribution < -0.4 is 10.0 Å². The molecule has 0 unspecified atom stereocenters. The van der Waals surface area contributed by atoms with E-state index in [1.54, 1.807) is 17.2 Å². The molecule has 2 fully saturated rings. The van der Waals surface area contributed by atoms with Crippen molar-refractivity contribution in [2.75, 3.05) is 44.7 Å². The fraction of sp³-hybridized carbons (Fsp3) is 0.486. The molecule has 46 heavy (non-hydrogen) atoms. The molecular weight excluding hydrogens is 605 g/mol. The monoisotopic (exact) mass is 651 g/mol. The third-order valence-electron chi connectivity index (χ3n) is 9.12. The molecule has 0 aliphatic carbocycles. The lowest BCUT2D eigenvalue weighted by atomic mass is 9.93. The van der Waals surface area contributed by atoms with Crippen LogP contribution in [0.15, 0.2) is 84.0 Å². The third-order valence-corrected chi connectivity index (χ3v) is 10.6. The van der Waals surface area contributed by atoms with Gasteiger partial charge in [-0.1, -0.05) is 60.7 Å². The Hall–Kier alpha value is -3.38. The predicted molar refractivity (Wildman–Crippen MR) is 178 cm³/mol. The summed E-state index contributed by atoms with van der Waals surface area (Å²) >= 11 is 0. The maximum Gasteiger partial charge on any atom is 0.244 e. The number of anilines is 1. The molecule has 3 aromatic rings. The molecule has 0 bridgehead atoms. The molecular formula is C35H46FN5O4S. The highest BCUT2D eigenvalue weighted by Gasteiger charge is 2.33. The zero-order chi connectivity index (χ0) is 32.4. The zero-order valence-electron chi connectivity index (χ0n) is 26.3. The summed E-state index contributed by atoms with van der Waals surface area (Å²) in [4.78, 5) is 22.0. The molecule has 2 aliphatic rings. The van der Waals surface area contributed by atoms with Gasteiger partial charge in [0.2, 0.25) is 15.9 Å². The van der Waals surface area contributed by atoms with Crippen molar-refractivity contribution >= 4 is 21.6 Å². The Kier molecular flexibility index (Phi) is 12.1. The van der Waals surface area contributed by atoms with Crippen LogP contribution in [0.25, 0.3) is 0 Å². The van der Waals surface area contributed by atoms with Gasteiger partial charge in [-0.2, -0.15) is 4.72 Å². The first-order valence-corrected chi connectivity index (χ1v) is 17.8. The molecule has 5 rings (SSSR count). The molecule has 248 valence electrons. The van der Waals surface area contributed by atoms with Gasteiger partial charge in [0.25, 0.3) is 0 Å². The number of nitrogens with one attached hydrogen (secondary N) is 2. The smallest absolute Gasteiger partial charge is 0.244 e. The minimum atomic E-state index is -4.19. The summed E-state index contributed by atoms with van der Waals surface area (Å²) in [6.07, 6.45) is 6.79. The number of alkyl halides is 1. The number of amides is 1. The Morgan fingerprint density at radius 1 is 0.913 bits per heavy atom. The molecule has 2 aliphatic heterocycles. The standard InChI is InChI=1S/C35H46FN5O4S/c36-17-11-27-13-21-41(22-14-27)35(43)33(24-29-9-5-2-6-10-29)39-46(44,45)34-25-37-18-12-32(34)38-30(23-28-7-3-1-4-8-28)26-40-19-15-31(42)16-20-40/h1-10,12,18,25,27,30-31,33,39,42H,11,13-17,19-24,26H2,(H,37,38)/t30-,33-/m0/s1. The lowest BCUT2D eigenvalue weighted by molar-refractivity contribution is -0.134. The van der Waals surface area contributed by atoms with E-state index in [9.17, 15) is 22.7 Å². The van der Waals surface area contributed by atoms with Gasteiger partial charge < -0.3 is 20.2 Å². The van der Waals surface area contributed by atoms with E-state index in [1.165, 1.54) is 6.20 Å². The highest BCUT2D eigenvalue weighted by atomic mass is 32.2. The van der Waals surface area contributed by atoms with Crippen LogP contribution >= 0.6 is 0 Å². The van der Waals surface area contributed by atoms with Crippen LogP contribution in [0.2, 0.25) is 0 Å². The van der Waals surface area contributed by atoms with Crippen LogP contribution in [0.5, 0.6) is 0 Å². The Morgan fingerprint density at radius 2 is 1.54 bits per heavy atom. The van der Waals surface area contributed by atoms with E-state index in [-0.39, 0.29) is 42.0 Å². The van der Waals surface area contributed by atoms with E-state index in [2.05, 4.69) is 32.1 Å². The van der Waals surface area contributed by atoms with Crippen molar-refractivity contribution in [2.24, 2.45) is 5.92 Å².